The number of aliphatic imine (C=N–C) groups is 1. The van der Waals surface area contributed by atoms with Crippen molar-refractivity contribution in [2.45, 2.75) is 31.8 Å². The molecule has 2 atom stereocenters. The molecule has 2 unspecified atom stereocenters. The first-order chi connectivity index (χ1) is 11.6. The van der Waals surface area contributed by atoms with Crippen molar-refractivity contribution < 1.29 is 4.39 Å². The van der Waals surface area contributed by atoms with E-state index in [2.05, 4.69) is 20.4 Å². The van der Waals surface area contributed by atoms with Gasteiger partial charge in [-0.05, 0) is 25.0 Å². The van der Waals surface area contributed by atoms with Crippen LogP contribution in [0.1, 0.15) is 30.7 Å². The lowest BCUT2D eigenvalue weighted by atomic mass is 10.1. The number of aromatic nitrogens is 3. The lowest BCUT2D eigenvalue weighted by Crippen LogP contribution is -2.40. The molecule has 0 spiro atoms. The Morgan fingerprint density at radius 2 is 2.25 bits per heavy atom. The topological polar surface area (TPSA) is 58.3 Å². The Morgan fingerprint density at radius 1 is 1.46 bits per heavy atom. The summed E-state index contributed by atoms with van der Waals surface area (Å²) < 4.78 is 15.7. The van der Waals surface area contributed by atoms with Crippen molar-refractivity contribution in [2.24, 2.45) is 12.0 Å². The van der Waals surface area contributed by atoms with Crippen LogP contribution in [0.4, 0.5) is 4.39 Å². The van der Waals surface area contributed by atoms with E-state index in [-0.39, 0.29) is 17.8 Å². The smallest absolute Gasteiger partial charge is 0.194 e. The molecule has 2 aromatic rings. The molecule has 0 aliphatic heterocycles. The van der Waals surface area contributed by atoms with Crippen molar-refractivity contribution in [2.75, 3.05) is 13.6 Å². The van der Waals surface area contributed by atoms with Gasteiger partial charge >= 0.3 is 0 Å². The predicted octanol–water partition coefficient (Wildman–Crippen LogP) is 1.91. The van der Waals surface area contributed by atoms with Gasteiger partial charge in [-0.2, -0.15) is 5.10 Å². The van der Waals surface area contributed by atoms with E-state index < -0.39 is 0 Å². The number of halogens is 1. The number of aryl methyl sites for hydroxylation is 1. The molecule has 7 heteroatoms. The van der Waals surface area contributed by atoms with Gasteiger partial charge in [-0.1, -0.05) is 18.2 Å². The molecule has 1 fully saturated rings. The van der Waals surface area contributed by atoms with E-state index in [1.54, 1.807) is 17.1 Å². The second-order valence-corrected chi connectivity index (χ2v) is 6.07. The number of rotatable bonds is 5. The standard InChI is InChI=1S/C17H23FN6/c1-4-19-17(23(2)10-16-20-11-21-24(16)3)22-15-9-13(15)12-7-5-6-8-14(12)18/h5-8,11,13,15H,4,9-10H2,1-3H3,(H,19,22). The number of nitrogens with zero attached hydrogens (tertiary/aromatic N) is 5. The van der Waals surface area contributed by atoms with E-state index in [1.807, 2.05) is 38.1 Å². The number of nitrogens with one attached hydrogen (secondary N) is 1. The van der Waals surface area contributed by atoms with E-state index in [1.165, 1.54) is 6.07 Å². The zero-order valence-electron chi connectivity index (χ0n) is 14.3. The van der Waals surface area contributed by atoms with Crippen LogP contribution in [0, 0.1) is 5.82 Å². The summed E-state index contributed by atoms with van der Waals surface area (Å²) in [4.78, 5) is 10.8. The molecule has 0 bridgehead atoms. The molecule has 1 saturated carbocycles. The first-order valence-electron chi connectivity index (χ1n) is 8.19. The zero-order chi connectivity index (χ0) is 17.1. The Hall–Kier alpha value is -2.44. The van der Waals surface area contributed by atoms with Gasteiger partial charge in [-0.25, -0.2) is 9.37 Å². The fourth-order valence-corrected chi connectivity index (χ4v) is 2.82. The van der Waals surface area contributed by atoms with Gasteiger partial charge in [0.25, 0.3) is 0 Å². The summed E-state index contributed by atoms with van der Waals surface area (Å²) in [5.74, 6) is 1.75. The quantitative estimate of drug-likeness (QED) is 0.672. The minimum atomic E-state index is -0.131. The van der Waals surface area contributed by atoms with Gasteiger partial charge in [0.1, 0.15) is 18.0 Å². The maximum absolute atomic E-state index is 13.9. The van der Waals surface area contributed by atoms with Gasteiger partial charge in [0, 0.05) is 32.6 Å². The summed E-state index contributed by atoms with van der Waals surface area (Å²) in [6, 6.07) is 7.21. The second kappa shape index (κ2) is 6.98. The molecule has 3 rings (SSSR count). The Morgan fingerprint density at radius 3 is 2.92 bits per heavy atom. The molecule has 128 valence electrons. The molecule has 1 N–H and O–H groups in total. The number of hydrogen-bond donors (Lipinski definition) is 1. The van der Waals surface area contributed by atoms with E-state index in [0.29, 0.717) is 13.1 Å². The molecule has 1 aliphatic carbocycles. The minimum absolute atomic E-state index is 0.131. The van der Waals surface area contributed by atoms with Crippen LogP contribution in [-0.2, 0) is 13.6 Å². The number of hydrogen-bond acceptors (Lipinski definition) is 3. The van der Waals surface area contributed by atoms with E-state index in [4.69, 9.17) is 0 Å². The van der Waals surface area contributed by atoms with Gasteiger partial charge < -0.3 is 10.2 Å². The average Bonchev–Trinajstić information content (AvgIpc) is 3.21. The second-order valence-electron chi connectivity index (χ2n) is 6.07. The van der Waals surface area contributed by atoms with E-state index >= 15 is 0 Å². The SMILES string of the molecule is CCN=C(NC1CC1c1ccccc1F)N(C)Cc1ncnn1C. The van der Waals surface area contributed by atoms with Crippen LogP contribution >= 0.6 is 0 Å². The third kappa shape index (κ3) is 3.55. The zero-order valence-corrected chi connectivity index (χ0v) is 14.3. The summed E-state index contributed by atoms with van der Waals surface area (Å²) in [5, 5.41) is 7.54. The van der Waals surface area contributed by atoms with Gasteiger partial charge in [-0.15, -0.1) is 0 Å². The summed E-state index contributed by atoms with van der Waals surface area (Å²) in [6.45, 7) is 3.29. The molecule has 0 amide bonds. The van der Waals surface area contributed by atoms with Crippen LogP contribution in [0.25, 0.3) is 0 Å². The monoisotopic (exact) mass is 330 g/mol. The first kappa shape index (κ1) is 16.4. The fourth-order valence-electron chi connectivity index (χ4n) is 2.82. The fraction of sp³-hybridized carbons (Fsp3) is 0.471. The minimum Gasteiger partial charge on any atom is -0.353 e. The molecule has 0 radical (unpaired) electrons. The van der Waals surface area contributed by atoms with Crippen molar-refractivity contribution in [3.05, 3.63) is 47.8 Å². The highest BCUT2D eigenvalue weighted by molar-refractivity contribution is 5.80. The molecular formula is C17H23FN6. The maximum Gasteiger partial charge on any atom is 0.194 e. The summed E-state index contributed by atoms with van der Waals surface area (Å²) in [5.41, 5.74) is 0.779. The lowest BCUT2D eigenvalue weighted by molar-refractivity contribution is 0.446. The van der Waals surface area contributed by atoms with E-state index in [0.717, 1.165) is 23.8 Å². The first-order valence-corrected chi connectivity index (χ1v) is 8.19. The van der Waals surface area contributed by atoms with Crippen molar-refractivity contribution in [1.82, 2.24) is 25.0 Å². The van der Waals surface area contributed by atoms with Crippen molar-refractivity contribution >= 4 is 5.96 Å². The Kier molecular flexibility index (Phi) is 4.78. The molecular weight excluding hydrogens is 307 g/mol. The Labute approximate surface area is 141 Å². The van der Waals surface area contributed by atoms with Crippen LogP contribution in [-0.4, -0.2) is 45.3 Å². The van der Waals surface area contributed by atoms with Crippen LogP contribution < -0.4 is 5.32 Å². The Bertz CT molecular complexity index is 725. The molecule has 1 heterocycles. The largest absolute Gasteiger partial charge is 0.353 e. The number of benzene rings is 1. The Balaban J connectivity index is 1.64. The lowest BCUT2D eigenvalue weighted by Gasteiger charge is -2.22. The highest BCUT2D eigenvalue weighted by atomic mass is 19.1. The van der Waals surface area contributed by atoms with Crippen LogP contribution in [0.5, 0.6) is 0 Å². The average molecular weight is 330 g/mol. The predicted molar refractivity (Wildman–Crippen MR) is 91.1 cm³/mol. The van der Waals surface area contributed by atoms with Gasteiger partial charge in [0.15, 0.2) is 5.96 Å². The maximum atomic E-state index is 13.9. The van der Waals surface area contributed by atoms with Crippen LogP contribution in [0.2, 0.25) is 0 Å². The van der Waals surface area contributed by atoms with Crippen LogP contribution in [0.15, 0.2) is 35.6 Å². The van der Waals surface area contributed by atoms with Crippen molar-refractivity contribution in [1.29, 1.82) is 0 Å². The van der Waals surface area contributed by atoms with E-state index in [9.17, 15) is 4.39 Å². The molecule has 1 aromatic heterocycles. The number of guanidine groups is 1. The highest BCUT2D eigenvalue weighted by Gasteiger charge is 2.40. The third-order valence-corrected chi connectivity index (χ3v) is 4.26. The van der Waals surface area contributed by atoms with Crippen molar-refractivity contribution in [3.63, 3.8) is 0 Å². The van der Waals surface area contributed by atoms with Crippen LogP contribution in [0.3, 0.4) is 0 Å². The molecule has 24 heavy (non-hydrogen) atoms. The summed E-state index contributed by atoms with van der Waals surface area (Å²) in [6.07, 6.45) is 2.46. The molecule has 1 aromatic carbocycles. The third-order valence-electron chi connectivity index (χ3n) is 4.26. The van der Waals surface area contributed by atoms with Crippen molar-refractivity contribution in [3.8, 4) is 0 Å². The van der Waals surface area contributed by atoms with Gasteiger partial charge in [0.05, 0.1) is 6.54 Å². The normalized spacial score (nSPS) is 20.1. The highest BCUT2D eigenvalue weighted by Crippen LogP contribution is 2.41. The molecule has 0 saturated heterocycles. The van der Waals surface area contributed by atoms with Gasteiger partial charge in [0.2, 0.25) is 0 Å². The molecule has 1 aliphatic rings. The summed E-state index contributed by atoms with van der Waals surface area (Å²) >= 11 is 0. The summed E-state index contributed by atoms with van der Waals surface area (Å²) in [7, 11) is 3.84. The molecule has 6 nitrogen and oxygen atoms in total. The van der Waals surface area contributed by atoms with Gasteiger partial charge in [-0.3, -0.25) is 9.67 Å².